The molecule has 0 spiro atoms. The molecule has 13 heavy (non-hydrogen) atoms. The summed E-state index contributed by atoms with van der Waals surface area (Å²) in [5.41, 5.74) is 0. The van der Waals surface area contributed by atoms with Gasteiger partial charge < -0.3 is 4.74 Å². The van der Waals surface area contributed by atoms with Crippen molar-refractivity contribution in [1.29, 1.82) is 0 Å². The van der Waals surface area contributed by atoms with Crippen molar-refractivity contribution in [1.82, 2.24) is 0 Å². The average molecular weight is 200 g/mol. The van der Waals surface area contributed by atoms with Crippen LogP contribution in [0, 0.1) is 5.92 Å². The lowest BCUT2D eigenvalue weighted by Gasteiger charge is -2.30. The predicted octanol–water partition coefficient (Wildman–Crippen LogP) is 1.46. The van der Waals surface area contributed by atoms with Gasteiger partial charge in [0.2, 0.25) is 0 Å². The van der Waals surface area contributed by atoms with Crippen LogP contribution in [-0.2, 0) is 14.3 Å². The maximum absolute atomic E-state index is 11.4. The minimum Gasteiger partial charge on any atom is -0.468 e. The van der Waals surface area contributed by atoms with Gasteiger partial charge in [-0.3, -0.25) is 9.59 Å². The van der Waals surface area contributed by atoms with Gasteiger partial charge in [0, 0.05) is 14.5 Å². The Morgan fingerprint density at radius 3 is 2.69 bits per heavy atom. The van der Waals surface area contributed by atoms with Crippen molar-refractivity contribution in [3.8, 4) is 0 Å². The number of rotatable bonds is 1. The van der Waals surface area contributed by atoms with Crippen LogP contribution >= 0.6 is 0 Å². The van der Waals surface area contributed by atoms with Gasteiger partial charge in [-0.05, 0) is 6.04 Å². The molecule has 1 unspecified atom stereocenters. The number of esters is 1. The minimum absolute atomic E-state index is 0.0682. The van der Waals surface area contributed by atoms with E-state index in [0.717, 1.165) is 12.1 Å². The number of hydrogen-bond donors (Lipinski definition) is 0. The molecule has 0 radical (unpaired) electrons. The third kappa shape index (κ3) is 2.40. The first-order chi connectivity index (χ1) is 5.96. The third-order valence-electron chi connectivity index (χ3n) is 2.68. The van der Waals surface area contributed by atoms with E-state index in [0.29, 0.717) is 6.42 Å². The first-order valence-electron chi connectivity index (χ1n) is 4.57. The molecule has 0 amide bonds. The second kappa shape index (κ2) is 3.62. The zero-order chi connectivity index (χ0) is 10.1. The highest BCUT2D eigenvalue weighted by Crippen LogP contribution is 2.30. The van der Waals surface area contributed by atoms with Gasteiger partial charge in [0.25, 0.3) is 0 Å². The first-order valence-corrected chi connectivity index (χ1v) is 7.98. The molecule has 1 fully saturated rings. The molecule has 0 aromatic heterocycles. The summed E-state index contributed by atoms with van der Waals surface area (Å²) in [6.07, 6.45) is 0.568. The van der Waals surface area contributed by atoms with Gasteiger partial charge >= 0.3 is 5.97 Å². The van der Waals surface area contributed by atoms with E-state index in [-0.39, 0.29) is 11.8 Å². The van der Waals surface area contributed by atoms with Gasteiger partial charge in [-0.2, -0.15) is 0 Å². The monoisotopic (exact) mass is 200 g/mol. The standard InChI is InChI=1S/C9H16O3Si/c1-12-9(11)7-6-13(2,3)5-4-8(7)10/h7H,4-6H2,1-3H3. The van der Waals surface area contributed by atoms with Crippen LogP contribution in [-0.4, -0.2) is 26.9 Å². The summed E-state index contributed by atoms with van der Waals surface area (Å²) in [5.74, 6) is -0.732. The van der Waals surface area contributed by atoms with Crippen molar-refractivity contribution in [3.05, 3.63) is 0 Å². The Balaban J connectivity index is 2.71. The lowest BCUT2D eigenvalue weighted by atomic mass is 10.0. The fourth-order valence-electron chi connectivity index (χ4n) is 1.76. The van der Waals surface area contributed by atoms with E-state index in [1.807, 2.05) is 0 Å². The topological polar surface area (TPSA) is 43.4 Å². The second-order valence-electron chi connectivity index (χ2n) is 4.41. The van der Waals surface area contributed by atoms with Gasteiger partial charge in [-0.1, -0.05) is 19.1 Å². The summed E-state index contributed by atoms with van der Waals surface area (Å²) in [6.45, 7) is 4.44. The van der Waals surface area contributed by atoms with Gasteiger partial charge in [0.1, 0.15) is 11.7 Å². The van der Waals surface area contributed by atoms with Crippen molar-refractivity contribution in [2.24, 2.45) is 5.92 Å². The minimum atomic E-state index is -1.30. The van der Waals surface area contributed by atoms with Crippen LogP contribution in [0.4, 0.5) is 0 Å². The average Bonchev–Trinajstić information content (AvgIpc) is 2.08. The number of Topliss-reactive ketones (excluding diaryl/α,β-unsaturated/α-hetero) is 1. The lowest BCUT2D eigenvalue weighted by Crippen LogP contribution is -2.41. The number of methoxy groups -OCH3 is 1. The van der Waals surface area contributed by atoms with Crippen molar-refractivity contribution in [2.45, 2.75) is 31.6 Å². The van der Waals surface area contributed by atoms with E-state index < -0.39 is 14.0 Å². The zero-order valence-electron chi connectivity index (χ0n) is 8.42. The number of carbonyl (C=O) groups excluding carboxylic acids is 2. The molecule has 0 aromatic carbocycles. The van der Waals surface area contributed by atoms with Crippen LogP contribution in [0.15, 0.2) is 0 Å². The molecule has 0 aromatic rings. The molecule has 1 aliphatic heterocycles. The lowest BCUT2D eigenvalue weighted by molar-refractivity contribution is -0.148. The fourth-order valence-corrected chi connectivity index (χ4v) is 4.39. The van der Waals surface area contributed by atoms with Gasteiger partial charge in [0.05, 0.1) is 7.11 Å². The van der Waals surface area contributed by atoms with Crippen molar-refractivity contribution in [2.75, 3.05) is 7.11 Å². The van der Waals surface area contributed by atoms with E-state index in [1.54, 1.807) is 0 Å². The predicted molar refractivity (Wildman–Crippen MR) is 52.2 cm³/mol. The van der Waals surface area contributed by atoms with Crippen LogP contribution in [0.5, 0.6) is 0 Å². The third-order valence-corrected chi connectivity index (χ3v) is 5.80. The second-order valence-corrected chi connectivity index (χ2v) is 9.65. The molecule has 0 bridgehead atoms. The Hall–Kier alpha value is -0.643. The highest BCUT2D eigenvalue weighted by Gasteiger charge is 2.39. The summed E-state index contributed by atoms with van der Waals surface area (Å²) in [4.78, 5) is 22.6. The van der Waals surface area contributed by atoms with E-state index >= 15 is 0 Å². The molecule has 1 aliphatic rings. The molecule has 1 heterocycles. The highest BCUT2D eigenvalue weighted by atomic mass is 28.3. The largest absolute Gasteiger partial charge is 0.468 e. The molecule has 0 N–H and O–H groups in total. The summed E-state index contributed by atoms with van der Waals surface area (Å²) in [7, 11) is 0.0499. The Labute approximate surface area is 79.5 Å². The number of ether oxygens (including phenoxy) is 1. The molecule has 0 aliphatic carbocycles. The Bertz CT molecular complexity index is 227. The van der Waals surface area contributed by atoms with Crippen LogP contribution in [0.25, 0.3) is 0 Å². The van der Waals surface area contributed by atoms with Crippen LogP contribution < -0.4 is 0 Å². The Kier molecular flexibility index (Phi) is 2.90. The fraction of sp³-hybridized carbons (Fsp3) is 0.778. The summed E-state index contributed by atoms with van der Waals surface area (Å²) in [6, 6.07) is 1.78. The molecule has 1 saturated heterocycles. The zero-order valence-corrected chi connectivity index (χ0v) is 9.42. The smallest absolute Gasteiger partial charge is 0.315 e. The number of ketones is 1. The van der Waals surface area contributed by atoms with Crippen molar-refractivity contribution >= 4 is 19.8 Å². The molecule has 1 atom stereocenters. The van der Waals surface area contributed by atoms with E-state index in [1.165, 1.54) is 7.11 Å². The summed E-state index contributed by atoms with van der Waals surface area (Å²) < 4.78 is 4.62. The van der Waals surface area contributed by atoms with Crippen LogP contribution in [0.3, 0.4) is 0 Å². The number of hydrogen-bond acceptors (Lipinski definition) is 3. The molecule has 74 valence electrons. The summed E-state index contributed by atoms with van der Waals surface area (Å²) >= 11 is 0. The van der Waals surface area contributed by atoms with Gasteiger partial charge in [0.15, 0.2) is 0 Å². The van der Waals surface area contributed by atoms with Gasteiger partial charge in [-0.25, -0.2) is 0 Å². The molecular formula is C9H16O3Si. The Morgan fingerprint density at radius 2 is 2.15 bits per heavy atom. The maximum Gasteiger partial charge on any atom is 0.315 e. The van der Waals surface area contributed by atoms with E-state index in [4.69, 9.17) is 0 Å². The summed E-state index contributed by atoms with van der Waals surface area (Å²) in [5, 5.41) is 0. The highest BCUT2D eigenvalue weighted by molar-refractivity contribution is 6.78. The molecule has 3 nitrogen and oxygen atoms in total. The molecule has 0 saturated carbocycles. The first kappa shape index (κ1) is 10.4. The normalized spacial score (nSPS) is 27.0. The SMILES string of the molecule is COC(=O)C1C[Si](C)(C)CCC1=O. The Morgan fingerprint density at radius 1 is 1.54 bits per heavy atom. The van der Waals surface area contributed by atoms with Crippen molar-refractivity contribution < 1.29 is 14.3 Å². The molecule has 1 rings (SSSR count). The van der Waals surface area contributed by atoms with Crippen LogP contribution in [0.1, 0.15) is 6.42 Å². The molecular weight excluding hydrogens is 184 g/mol. The van der Waals surface area contributed by atoms with Gasteiger partial charge in [-0.15, -0.1) is 0 Å². The quantitative estimate of drug-likeness (QED) is 0.365. The number of carbonyl (C=O) groups is 2. The maximum atomic E-state index is 11.4. The molecule has 4 heteroatoms. The van der Waals surface area contributed by atoms with Crippen molar-refractivity contribution in [3.63, 3.8) is 0 Å². The van der Waals surface area contributed by atoms with E-state index in [2.05, 4.69) is 17.8 Å². The van der Waals surface area contributed by atoms with Crippen LogP contribution in [0.2, 0.25) is 25.2 Å². The van der Waals surface area contributed by atoms with E-state index in [9.17, 15) is 9.59 Å².